The molecule has 2 unspecified atom stereocenters. The van der Waals surface area contributed by atoms with Crippen LogP contribution in [0.2, 0.25) is 0 Å². The van der Waals surface area contributed by atoms with E-state index in [1.807, 2.05) is 12.1 Å². The lowest BCUT2D eigenvalue weighted by Gasteiger charge is -2.33. The highest BCUT2D eigenvalue weighted by molar-refractivity contribution is 5.74. The molecule has 0 saturated carbocycles. The average molecular weight is 309 g/mol. The first-order chi connectivity index (χ1) is 11.1. The number of aryl methyl sites for hydroxylation is 2. The Hall–Kier alpha value is -2.13. The van der Waals surface area contributed by atoms with Crippen LogP contribution in [0.1, 0.15) is 41.1 Å². The van der Waals surface area contributed by atoms with E-state index in [0.717, 1.165) is 19.4 Å². The second-order valence-corrected chi connectivity index (χ2v) is 6.41. The number of nitrogens with zero attached hydrogens (tertiary/aromatic N) is 1. The van der Waals surface area contributed by atoms with Crippen LogP contribution in [0, 0.1) is 13.8 Å². The highest BCUT2D eigenvalue weighted by Gasteiger charge is 2.37. The zero-order valence-electron chi connectivity index (χ0n) is 13.7. The molecule has 1 aliphatic heterocycles. The molecule has 2 aromatic carbocycles. The Morgan fingerprint density at radius 1 is 1.17 bits per heavy atom. The highest BCUT2D eigenvalue weighted by atomic mass is 16.4. The van der Waals surface area contributed by atoms with E-state index >= 15 is 0 Å². The molecule has 0 aromatic heterocycles. The van der Waals surface area contributed by atoms with Gasteiger partial charge in [0.15, 0.2) is 0 Å². The molecule has 3 heteroatoms. The van der Waals surface area contributed by atoms with Crippen molar-refractivity contribution in [2.75, 3.05) is 6.54 Å². The minimum atomic E-state index is -0.714. The fraction of sp³-hybridized carbons (Fsp3) is 0.350. The maximum absolute atomic E-state index is 11.7. The molecule has 120 valence electrons. The van der Waals surface area contributed by atoms with Crippen LogP contribution in [-0.2, 0) is 4.79 Å². The molecule has 1 saturated heterocycles. The molecule has 1 aliphatic rings. The lowest BCUT2D eigenvalue weighted by Crippen LogP contribution is -2.39. The van der Waals surface area contributed by atoms with Crippen molar-refractivity contribution in [2.45, 2.75) is 38.8 Å². The highest BCUT2D eigenvalue weighted by Crippen LogP contribution is 2.36. The lowest BCUT2D eigenvalue weighted by molar-refractivity contribution is -0.142. The van der Waals surface area contributed by atoms with E-state index in [0.29, 0.717) is 0 Å². The van der Waals surface area contributed by atoms with Crippen LogP contribution in [0.4, 0.5) is 0 Å². The molecule has 0 aliphatic carbocycles. The van der Waals surface area contributed by atoms with Crippen LogP contribution >= 0.6 is 0 Å². The summed E-state index contributed by atoms with van der Waals surface area (Å²) in [7, 11) is 0. The largest absolute Gasteiger partial charge is 0.480 e. The normalized spacial score (nSPS) is 19.7. The Kier molecular flexibility index (Phi) is 4.49. The van der Waals surface area contributed by atoms with Gasteiger partial charge in [-0.1, -0.05) is 54.1 Å². The Bertz CT molecular complexity index is 710. The van der Waals surface area contributed by atoms with Crippen molar-refractivity contribution < 1.29 is 9.90 Å². The fourth-order valence-corrected chi connectivity index (χ4v) is 3.65. The summed E-state index contributed by atoms with van der Waals surface area (Å²) < 4.78 is 0. The SMILES string of the molecule is Cc1cccc(C(c2ccccc2C)N2CCCC2C(=O)O)c1. The van der Waals surface area contributed by atoms with Crippen molar-refractivity contribution >= 4 is 5.97 Å². The molecule has 0 bridgehead atoms. The van der Waals surface area contributed by atoms with Gasteiger partial charge >= 0.3 is 5.97 Å². The molecule has 2 aromatic rings. The third kappa shape index (κ3) is 3.15. The Morgan fingerprint density at radius 2 is 1.96 bits per heavy atom. The van der Waals surface area contributed by atoms with Crippen LogP contribution in [0.3, 0.4) is 0 Å². The third-order valence-corrected chi connectivity index (χ3v) is 4.75. The number of rotatable bonds is 4. The molecule has 2 atom stereocenters. The lowest BCUT2D eigenvalue weighted by atomic mass is 9.92. The zero-order chi connectivity index (χ0) is 16.4. The maximum atomic E-state index is 11.7. The molecular weight excluding hydrogens is 286 g/mol. The second-order valence-electron chi connectivity index (χ2n) is 6.41. The van der Waals surface area contributed by atoms with Crippen LogP contribution in [0.5, 0.6) is 0 Å². The topological polar surface area (TPSA) is 40.5 Å². The fourth-order valence-electron chi connectivity index (χ4n) is 3.65. The third-order valence-electron chi connectivity index (χ3n) is 4.75. The van der Waals surface area contributed by atoms with Gasteiger partial charge in [-0.3, -0.25) is 9.69 Å². The first kappa shape index (κ1) is 15.8. The first-order valence-electron chi connectivity index (χ1n) is 8.18. The van der Waals surface area contributed by atoms with E-state index in [2.05, 4.69) is 55.1 Å². The van der Waals surface area contributed by atoms with Crippen LogP contribution in [0.15, 0.2) is 48.5 Å². The van der Waals surface area contributed by atoms with Crippen molar-refractivity contribution in [3.63, 3.8) is 0 Å². The summed E-state index contributed by atoms with van der Waals surface area (Å²) in [5.74, 6) is -0.714. The molecule has 3 nitrogen and oxygen atoms in total. The monoisotopic (exact) mass is 309 g/mol. The van der Waals surface area contributed by atoms with Crippen molar-refractivity contribution in [1.82, 2.24) is 4.90 Å². The van der Waals surface area contributed by atoms with Crippen LogP contribution in [-0.4, -0.2) is 28.6 Å². The van der Waals surface area contributed by atoms with Gasteiger partial charge in [-0.25, -0.2) is 0 Å². The van der Waals surface area contributed by atoms with E-state index in [1.165, 1.54) is 22.3 Å². The minimum Gasteiger partial charge on any atom is -0.480 e. The van der Waals surface area contributed by atoms with E-state index < -0.39 is 12.0 Å². The minimum absolute atomic E-state index is 0.000278. The Balaban J connectivity index is 2.11. The van der Waals surface area contributed by atoms with Crippen LogP contribution in [0.25, 0.3) is 0 Å². The summed E-state index contributed by atoms with van der Waals surface area (Å²) >= 11 is 0. The summed E-state index contributed by atoms with van der Waals surface area (Å²) in [5.41, 5.74) is 4.78. The van der Waals surface area contributed by atoms with E-state index in [9.17, 15) is 9.90 Å². The van der Waals surface area contributed by atoms with Gasteiger partial charge in [0.25, 0.3) is 0 Å². The summed E-state index contributed by atoms with van der Waals surface area (Å²) in [5, 5.41) is 9.61. The van der Waals surface area contributed by atoms with Crippen LogP contribution < -0.4 is 0 Å². The van der Waals surface area contributed by atoms with Crippen molar-refractivity contribution in [2.24, 2.45) is 0 Å². The number of aliphatic carboxylic acids is 1. The molecule has 3 rings (SSSR count). The summed E-state index contributed by atoms with van der Waals surface area (Å²) in [6, 6.07) is 16.3. The number of benzene rings is 2. The van der Waals surface area contributed by atoms with E-state index in [-0.39, 0.29) is 6.04 Å². The summed E-state index contributed by atoms with van der Waals surface area (Å²) in [6.45, 7) is 5.00. The molecule has 23 heavy (non-hydrogen) atoms. The Labute approximate surface area is 137 Å². The molecule has 0 radical (unpaired) electrons. The van der Waals surface area contributed by atoms with E-state index in [1.54, 1.807) is 0 Å². The van der Waals surface area contributed by atoms with Crippen molar-refractivity contribution in [1.29, 1.82) is 0 Å². The first-order valence-corrected chi connectivity index (χ1v) is 8.18. The molecule has 1 N–H and O–H groups in total. The molecular formula is C20H23NO2. The molecule has 0 spiro atoms. The van der Waals surface area contributed by atoms with Gasteiger partial charge in [-0.05, 0) is 43.4 Å². The number of hydrogen-bond donors (Lipinski definition) is 1. The number of carboxylic acid groups (broad SMARTS) is 1. The predicted molar refractivity (Wildman–Crippen MR) is 91.6 cm³/mol. The number of hydrogen-bond acceptors (Lipinski definition) is 2. The molecule has 1 fully saturated rings. The zero-order valence-corrected chi connectivity index (χ0v) is 13.7. The maximum Gasteiger partial charge on any atom is 0.320 e. The Morgan fingerprint density at radius 3 is 2.65 bits per heavy atom. The van der Waals surface area contributed by atoms with E-state index in [4.69, 9.17) is 0 Å². The number of carbonyl (C=O) groups is 1. The molecule has 0 amide bonds. The van der Waals surface area contributed by atoms with Crippen molar-refractivity contribution in [3.8, 4) is 0 Å². The smallest absolute Gasteiger partial charge is 0.320 e. The van der Waals surface area contributed by atoms with Gasteiger partial charge < -0.3 is 5.11 Å². The van der Waals surface area contributed by atoms with Gasteiger partial charge in [-0.15, -0.1) is 0 Å². The quantitative estimate of drug-likeness (QED) is 0.930. The van der Waals surface area contributed by atoms with Crippen molar-refractivity contribution in [3.05, 3.63) is 70.8 Å². The van der Waals surface area contributed by atoms with Gasteiger partial charge in [0, 0.05) is 6.54 Å². The molecule has 1 heterocycles. The number of carboxylic acids is 1. The summed E-state index contributed by atoms with van der Waals surface area (Å²) in [6.07, 6.45) is 1.66. The predicted octanol–water partition coefficient (Wildman–Crippen LogP) is 3.94. The number of likely N-dealkylation sites (tertiary alicyclic amines) is 1. The average Bonchev–Trinajstić information content (AvgIpc) is 2.99. The summed E-state index contributed by atoms with van der Waals surface area (Å²) in [4.78, 5) is 13.8. The second kappa shape index (κ2) is 6.55. The van der Waals surface area contributed by atoms with Gasteiger partial charge in [0.1, 0.15) is 6.04 Å². The van der Waals surface area contributed by atoms with Gasteiger partial charge in [0.2, 0.25) is 0 Å². The van der Waals surface area contributed by atoms with Gasteiger partial charge in [0.05, 0.1) is 6.04 Å². The van der Waals surface area contributed by atoms with Gasteiger partial charge in [-0.2, -0.15) is 0 Å². The standard InChI is InChI=1S/C20H23NO2/c1-14-7-5-9-16(13-14)19(17-10-4-3-8-15(17)2)21-12-6-11-18(21)20(22)23/h3-5,7-10,13,18-19H,6,11-12H2,1-2H3,(H,22,23).